The third-order valence-corrected chi connectivity index (χ3v) is 3.48. The molecular weight excluding hydrogens is 294 g/mol. The molecule has 1 aromatic rings. The highest BCUT2D eigenvalue weighted by atomic mass is 19.2. The molecule has 5 nitrogen and oxygen atoms in total. The molecule has 0 aliphatic carbocycles. The minimum atomic E-state index is -1.05. The van der Waals surface area contributed by atoms with E-state index in [9.17, 15) is 18.4 Å². The molecule has 0 atom stereocenters. The van der Waals surface area contributed by atoms with Crippen molar-refractivity contribution < 1.29 is 23.1 Å². The first-order valence-electron chi connectivity index (χ1n) is 7.19. The van der Waals surface area contributed by atoms with Gasteiger partial charge in [-0.25, -0.2) is 13.6 Å². The normalized spacial score (nSPS) is 15.4. The van der Waals surface area contributed by atoms with Gasteiger partial charge in [-0.1, -0.05) is 0 Å². The van der Waals surface area contributed by atoms with Crippen LogP contribution in [-0.4, -0.2) is 54.6 Å². The fourth-order valence-corrected chi connectivity index (χ4v) is 2.33. The summed E-state index contributed by atoms with van der Waals surface area (Å²) in [4.78, 5) is 27.1. The van der Waals surface area contributed by atoms with E-state index < -0.39 is 17.7 Å². The van der Waals surface area contributed by atoms with Crippen LogP contribution in [0.3, 0.4) is 0 Å². The van der Waals surface area contributed by atoms with Crippen LogP contribution in [0.4, 0.5) is 13.6 Å². The zero-order chi connectivity index (χ0) is 16.1. The molecule has 0 unspecified atom stereocenters. The maximum Gasteiger partial charge on any atom is 0.409 e. The van der Waals surface area contributed by atoms with Gasteiger partial charge in [0.1, 0.15) is 0 Å². The molecule has 1 heterocycles. The van der Waals surface area contributed by atoms with E-state index in [-0.39, 0.29) is 11.5 Å². The van der Waals surface area contributed by atoms with Crippen molar-refractivity contribution >= 4 is 12.0 Å². The minimum absolute atomic E-state index is 0.100. The van der Waals surface area contributed by atoms with Crippen LogP contribution in [0.15, 0.2) is 18.2 Å². The van der Waals surface area contributed by atoms with Gasteiger partial charge in [-0.3, -0.25) is 4.79 Å². The predicted octanol–water partition coefficient (Wildman–Crippen LogP) is 2.27. The molecule has 1 fully saturated rings. The zero-order valence-corrected chi connectivity index (χ0v) is 12.3. The number of carbonyl (C=O) groups excluding carboxylic acids is 2. The number of nitrogens with zero attached hydrogens (tertiary/aromatic N) is 2. The van der Waals surface area contributed by atoms with Crippen LogP contribution in [0.2, 0.25) is 0 Å². The Balaban J connectivity index is 2.02. The molecule has 0 radical (unpaired) electrons. The molecule has 0 aromatic heterocycles. The minimum Gasteiger partial charge on any atom is -0.450 e. The molecular formula is C15H18F2N2O3. The van der Waals surface area contributed by atoms with Gasteiger partial charge in [0, 0.05) is 31.7 Å². The van der Waals surface area contributed by atoms with E-state index in [1.54, 1.807) is 11.8 Å². The van der Waals surface area contributed by atoms with Gasteiger partial charge in [-0.05, 0) is 31.5 Å². The van der Waals surface area contributed by atoms with Gasteiger partial charge in [-0.2, -0.15) is 0 Å². The van der Waals surface area contributed by atoms with Crippen molar-refractivity contribution in [3.63, 3.8) is 0 Å². The summed E-state index contributed by atoms with van der Waals surface area (Å²) in [6.45, 7) is 3.67. The largest absolute Gasteiger partial charge is 0.450 e. The van der Waals surface area contributed by atoms with Crippen molar-refractivity contribution in [3.8, 4) is 0 Å². The smallest absolute Gasteiger partial charge is 0.409 e. The van der Waals surface area contributed by atoms with Crippen molar-refractivity contribution in [2.45, 2.75) is 13.3 Å². The summed E-state index contributed by atoms with van der Waals surface area (Å²) < 4.78 is 31.1. The standard InChI is InChI=1S/C15H18F2N2O3/c1-2-22-15(21)19-7-3-6-18(8-9-19)14(20)11-4-5-12(16)13(17)10-11/h4-5,10H,2-3,6-9H2,1H3. The summed E-state index contributed by atoms with van der Waals surface area (Å²) in [5.74, 6) is -2.40. The third-order valence-electron chi connectivity index (χ3n) is 3.48. The molecule has 1 aromatic carbocycles. The Kier molecular flexibility index (Phi) is 5.30. The third kappa shape index (κ3) is 3.72. The second-order valence-electron chi connectivity index (χ2n) is 4.96. The van der Waals surface area contributed by atoms with Crippen molar-refractivity contribution in [2.75, 3.05) is 32.8 Å². The van der Waals surface area contributed by atoms with E-state index in [4.69, 9.17) is 4.74 Å². The molecule has 7 heteroatoms. The molecule has 2 rings (SSSR count). The maximum absolute atomic E-state index is 13.2. The lowest BCUT2D eigenvalue weighted by Gasteiger charge is -2.21. The Hall–Kier alpha value is -2.18. The number of ether oxygens (including phenoxy) is 1. The van der Waals surface area contributed by atoms with E-state index in [0.717, 1.165) is 12.1 Å². The van der Waals surface area contributed by atoms with Crippen LogP contribution in [0, 0.1) is 11.6 Å². The van der Waals surface area contributed by atoms with Gasteiger partial charge >= 0.3 is 6.09 Å². The summed E-state index contributed by atoms with van der Waals surface area (Å²) in [7, 11) is 0. The van der Waals surface area contributed by atoms with Crippen LogP contribution in [0.25, 0.3) is 0 Å². The van der Waals surface area contributed by atoms with E-state index in [0.29, 0.717) is 39.2 Å². The molecule has 0 N–H and O–H groups in total. The lowest BCUT2D eigenvalue weighted by Crippen LogP contribution is -2.37. The van der Waals surface area contributed by atoms with Gasteiger partial charge < -0.3 is 14.5 Å². The Bertz CT molecular complexity index is 566. The second kappa shape index (κ2) is 7.20. The van der Waals surface area contributed by atoms with Gasteiger partial charge in [0.25, 0.3) is 5.91 Å². The average Bonchev–Trinajstić information content (AvgIpc) is 2.75. The highest BCUT2D eigenvalue weighted by Crippen LogP contribution is 2.13. The fraction of sp³-hybridized carbons (Fsp3) is 0.467. The monoisotopic (exact) mass is 312 g/mol. The number of halogens is 2. The van der Waals surface area contributed by atoms with Crippen LogP contribution in [-0.2, 0) is 4.74 Å². The summed E-state index contributed by atoms with van der Waals surface area (Å²) in [5.41, 5.74) is 0.100. The summed E-state index contributed by atoms with van der Waals surface area (Å²) >= 11 is 0. The van der Waals surface area contributed by atoms with Gasteiger partial charge in [0.15, 0.2) is 11.6 Å². The predicted molar refractivity (Wildman–Crippen MR) is 75.5 cm³/mol. The van der Waals surface area contributed by atoms with E-state index in [2.05, 4.69) is 0 Å². The van der Waals surface area contributed by atoms with Gasteiger partial charge in [0.05, 0.1) is 6.61 Å². The second-order valence-corrected chi connectivity index (χ2v) is 4.96. The molecule has 1 aliphatic rings. The first kappa shape index (κ1) is 16.2. The molecule has 0 bridgehead atoms. The lowest BCUT2D eigenvalue weighted by atomic mass is 10.2. The maximum atomic E-state index is 13.2. The van der Waals surface area contributed by atoms with Crippen molar-refractivity contribution in [3.05, 3.63) is 35.4 Å². The molecule has 0 spiro atoms. The Morgan fingerprint density at radius 1 is 1.09 bits per heavy atom. The van der Waals surface area contributed by atoms with Crippen molar-refractivity contribution in [1.82, 2.24) is 9.80 Å². The van der Waals surface area contributed by atoms with Crippen LogP contribution in [0.1, 0.15) is 23.7 Å². The summed E-state index contributed by atoms with van der Waals surface area (Å²) in [5, 5.41) is 0. The molecule has 120 valence electrons. The first-order chi connectivity index (χ1) is 10.5. The number of rotatable bonds is 2. The SMILES string of the molecule is CCOC(=O)N1CCCN(C(=O)c2ccc(F)c(F)c2)CC1. The van der Waals surface area contributed by atoms with Crippen LogP contribution in [0.5, 0.6) is 0 Å². The molecule has 22 heavy (non-hydrogen) atoms. The topological polar surface area (TPSA) is 49.9 Å². The average molecular weight is 312 g/mol. The Morgan fingerprint density at radius 3 is 2.45 bits per heavy atom. The van der Waals surface area contributed by atoms with E-state index in [1.807, 2.05) is 0 Å². The fourth-order valence-electron chi connectivity index (χ4n) is 2.33. The van der Waals surface area contributed by atoms with Gasteiger partial charge in [-0.15, -0.1) is 0 Å². The number of benzene rings is 1. The molecule has 1 aliphatic heterocycles. The quantitative estimate of drug-likeness (QED) is 0.842. The molecule has 2 amide bonds. The lowest BCUT2D eigenvalue weighted by molar-refractivity contribution is 0.0753. The Labute approximate surface area is 127 Å². The van der Waals surface area contributed by atoms with Gasteiger partial charge in [0.2, 0.25) is 0 Å². The highest BCUT2D eigenvalue weighted by Gasteiger charge is 2.23. The van der Waals surface area contributed by atoms with Crippen LogP contribution >= 0.6 is 0 Å². The summed E-state index contributed by atoms with van der Waals surface area (Å²) in [6, 6.07) is 3.09. The zero-order valence-electron chi connectivity index (χ0n) is 12.3. The van der Waals surface area contributed by atoms with Crippen molar-refractivity contribution in [2.24, 2.45) is 0 Å². The van der Waals surface area contributed by atoms with Crippen molar-refractivity contribution in [1.29, 1.82) is 0 Å². The number of carbonyl (C=O) groups is 2. The van der Waals surface area contributed by atoms with E-state index in [1.165, 1.54) is 11.0 Å². The van der Waals surface area contributed by atoms with Crippen LogP contribution < -0.4 is 0 Å². The highest BCUT2D eigenvalue weighted by molar-refractivity contribution is 5.94. The summed E-state index contributed by atoms with van der Waals surface area (Å²) in [6.07, 6.45) is 0.207. The molecule has 0 saturated carbocycles. The number of hydrogen-bond acceptors (Lipinski definition) is 3. The number of amides is 2. The Morgan fingerprint density at radius 2 is 1.77 bits per heavy atom. The number of hydrogen-bond donors (Lipinski definition) is 0. The first-order valence-corrected chi connectivity index (χ1v) is 7.19. The molecule has 1 saturated heterocycles. The van der Waals surface area contributed by atoms with E-state index >= 15 is 0 Å².